The summed E-state index contributed by atoms with van der Waals surface area (Å²) in [6.07, 6.45) is 3.65. The number of anilines is 2. The lowest BCUT2D eigenvalue weighted by Gasteiger charge is -2.25. The Morgan fingerprint density at radius 2 is 2.08 bits per heavy atom. The van der Waals surface area contributed by atoms with Crippen molar-refractivity contribution in [3.63, 3.8) is 0 Å². The normalized spacial score (nSPS) is 15.9. The Kier molecular flexibility index (Phi) is 4.05. The van der Waals surface area contributed by atoms with Crippen molar-refractivity contribution in [2.45, 2.75) is 19.3 Å². The summed E-state index contributed by atoms with van der Waals surface area (Å²) in [5, 5.41) is 5.78. The van der Waals surface area contributed by atoms with E-state index < -0.39 is 0 Å². The molecule has 0 aliphatic carbocycles. The fourth-order valence-corrected chi connectivity index (χ4v) is 3.30. The van der Waals surface area contributed by atoms with Crippen LogP contribution in [0.1, 0.15) is 39.4 Å². The topological polar surface area (TPSA) is 71.3 Å². The summed E-state index contributed by atoms with van der Waals surface area (Å²) in [4.78, 5) is 24.5. The first-order valence-electron chi connectivity index (χ1n) is 8.44. The van der Waals surface area contributed by atoms with Gasteiger partial charge in [0.05, 0.1) is 12.5 Å². The molecule has 26 heavy (non-hydrogen) atoms. The van der Waals surface area contributed by atoms with E-state index in [2.05, 4.69) is 10.6 Å². The van der Waals surface area contributed by atoms with Crippen molar-refractivity contribution in [3.8, 4) is 0 Å². The van der Waals surface area contributed by atoms with Crippen LogP contribution in [0.2, 0.25) is 0 Å². The predicted molar refractivity (Wildman–Crippen MR) is 99.4 cm³/mol. The predicted octanol–water partition coefficient (Wildman–Crippen LogP) is 4.31. The average Bonchev–Trinajstić information content (AvgIpc) is 3.15. The van der Waals surface area contributed by atoms with E-state index in [1.807, 2.05) is 43.3 Å². The highest BCUT2D eigenvalue weighted by Gasteiger charge is 2.27. The summed E-state index contributed by atoms with van der Waals surface area (Å²) in [6.45, 7) is 1.95. The lowest BCUT2D eigenvalue weighted by molar-refractivity contribution is -0.116. The molecule has 2 N–H and O–H groups in total. The van der Waals surface area contributed by atoms with Gasteiger partial charge >= 0.3 is 0 Å². The van der Waals surface area contributed by atoms with Crippen molar-refractivity contribution >= 4 is 23.2 Å². The summed E-state index contributed by atoms with van der Waals surface area (Å²) in [5.74, 6) is -0.271. The Labute approximate surface area is 151 Å². The van der Waals surface area contributed by atoms with Crippen molar-refractivity contribution in [3.05, 3.63) is 83.3 Å². The summed E-state index contributed by atoms with van der Waals surface area (Å²) in [7, 11) is 0. The molecule has 0 bridgehead atoms. The van der Waals surface area contributed by atoms with Gasteiger partial charge in [0.1, 0.15) is 0 Å². The van der Waals surface area contributed by atoms with Crippen LogP contribution in [0.25, 0.3) is 0 Å². The highest BCUT2D eigenvalue weighted by atomic mass is 16.3. The van der Waals surface area contributed by atoms with Gasteiger partial charge in [0.2, 0.25) is 5.91 Å². The van der Waals surface area contributed by atoms with E-state index in [4.69, 9.17) is 4.42 Å². The Bertz CT molecular complexity index is 977. The van der Waals surface area contributed by atoms with Crippen molar-refractivity contribution in [1.29, 1.82) is 0 Å². The quantitative estimate of drug-likeness (QED) is 0.742. The Morgan fingerprint density at radius 3 is 2.85 bits per heavy atom. The van der Waals surface area contributed by atoms with Gasteiger partial charge in [-0.3, -0.25) is 9.59 Å². The number of fused-ring (bicyclic) bond motifs is 1. The van der Waals surface area contributed by atoms with Crippen LogP contribution < -0.4 is 10.6 Å². The molecule has 1 unspecified atom stereocenters. The number of furan rings is 1. The van der Waals surface area contributed by atoms with Crippen LogP contribution in [0.15, 0.2) is 65.5 Å². The second kappa shape index (κ2) is 6.52. The smallest absolute Gasteiger partial charge is 0.255 e. The zero-order chi connectivity index (χ0) is 18.1. The van der Waals surface area contributed by atoms with Crippen molar-refractivity contribution in [2.24, 2.45) is 0 Å². The molecule has 1 atom stereocenters. The molecule has 130 valence electrons. The van der Waals surface area contributed by atoms with E-state index in [9.17, 15) is 9.59 Å². The molecule has 0 saturated carbocycles. The lowest BCUT2D eigenvalue weighted by Crippen LogP contribution is -2.23. The molecule has 0 radical (unpaired) electrons. The molecule has 5 heteroatoms. The summed E-state index contributed by atoms with van der Waals surface area (Å²) in [6, 6.07) is 14.9. The Morgan fingerprint density at radius 1 is 1.19 bits per heavy atom. The molecule has 2 amide bonds. The Balaban J connectivity index is 1.61. The molecule has 0 saturated heterocycles. The van der Waals surface area contributed by atoms with Crippen LogP contribution in [0.3, 0.4) is 0 Å². The molecular formula is C21H18N2O3. The van der Waals surface area contributed by atoms with E-state index in [0.29, 0.717) is 17.7 Å². The molecule has 2 aromatic carbocycles. The molecular weight excluding hydrogens is 328 g/mol. The van der Waals surface area contributed by atoms with Crippen LogP contribution in [-0.2, 0) is 4.79 Å². The molecule has 0 spiro atoms. The van der Waals surface area contributed by atoms with Crippen LogP contribution >= 0.6 is 0 Å². The summed E-state index contributed by atoms with van der Waals surface area (Å²) >= 11 is 0. The molecule has 5 nitrogen and oxygen atoms in total. The maximum Gasteiger partial charge on any atom is 0.255 e. The SMILES string of the molecule is Cc1cccc(C(=O)Nc2ccc3c(c2)NC(=O)CC3c2ccoc2)c1. The third-order valence-electron chi connectivity index (χ3n) is 4.58. The first-order valence-corrected chi connectivity index (χ1v) is 8.44. The van der Waals surface area contributed by atoms with Gasteiger partial charge < -0.3 is 15.1 Å². The maximum absolute atomic E-state index is 12.4. The minimum absolute atomic E-state index is 0.0426. The fraction of sp³-hybridized carbons (Fsp3) is 0.143. The maximum atomic E-state index is 12.4. The summed E-state index contributed by atoms with van der Waals surface area (Å²) < 4.78 is 5.16. The van der Waals surface area contributed by atoms with Gasteiger partial charge in [-0.1, -0.05) is 23.8 Å². The van der Waals surface area contributed by atoms with Gasteiger partial charge in [0, 0.05) is 29.3 Å². The van der Waals surface area contributed by atoms with Gasteiger partial charge in [-0.15, -0.1) is 0 Å². The molecule has 4 rings (SSSR count). The van der Waals surface area contributed by atoms with Crippen molar-refractivity contribution in [2.75, 3.05) is 10.6 Å². The number of carbonyl (C=O) groups is 2. The number of amides is 2. The third-order valence-corrected chi connectivity index (χ3v) is 4.58. The number of rotatable bonds is 3. The molecule has 0 fully saturated rings. The number of carbonyl (C=O) groups excluding carboxylic acids is 2. The fourth-order valence-electron chi connectivity index (χ4n) is 3.30. The number of hydrogen-bond acceptors (Lipinski definition) is 3. The van der Waals surface area contributed by atoms with E-state index in [-0.39, 0.29) is 17.7 Å². The molecule has 1 aromatic heterocycles. The van der Waals surface area contributed by atoms with Crippen molar-refractivity contribution in [1.82, 2.24) is 0 Å². The second-order valence-corrected chi connectivity index (χ2v) is 6.49. The average molecular weight is 346 g/mol. The van der Waals surface area contributed by atoms with Crippen LogP contribution in [0.5, 0.6) is 0 Å². The number of nitrogens with one attached hydrogen (secondary N) is 2. The molecule has 3 aromatic rings. The molecule has 2 heterocycles. The number of aryl methyl sites for hydroxylation is 1. The monoisotopic (exact) mass is 346 g/mol. The standard InChI is InChI=1S/C21H18N2O3/c1-13-3-2-4-14(9-13)21(25)22-16-5-6-17-18(15-7-8-26-12-15)11-20(24)23-19(17)10-16/h2-10,12,18H,11H2,1H3,(H,22,25)(H,23,24). The van der Waals surface area contributed by atoms with Crippen molar-refractivity contribution < 1.29 is 14.0 Å². The first kappa shape index (κ1) is 16.1. The zero-order valence-electron chi connectivity index (χ0n) is 14.3. The summed E-state index contributed by atoms with van der Waals surface area (Å²) in [5.41, 5.74) is 4.97. The van der Waals surface area contributed by atoms with Gasteiger partial charge in [0.25, 0.3) is 5.91 Å². The molecule has 1 aliphatic heterocycles. The largest absolute Gasteiger partial charge is 0.472 e. The van der Waals surface area contributed by atoms with E-state index in [1.54, 1.807) is 24.7 Å². The highest BCUT2D eigenvalue weighted by Crippen LogP contribution is 2.38. The number of hydrogen-bond donors (Lipinski definition) is 2. The van der Waals surface area contributed by atoms with E-state index in [0.717, 1.165) is 22.4 Å². The van der Waals surface area contributed by atoms with Gasteiger partial charge in [-0.2, -0.15) is 0 Å². The lowest BCUT2D eigenvalue weighted by atomic mass is 9.86. The Hall–Kier alpha value is -3.34. The minimum atomic E-state index is -0.179. The van der Waals surface area contributed by atoms with Crippen LogP contribution in [-0.4, -0.2) is 11.8 Å². The van der Waals surface area contributed by atoms with Gasteiger partial charge in [-0.05, 0) is 48.4 Å². The second-order valence-electron chi connectivity index (χ2n) is 6.49. The van der Waals surface area contributed by atoms with Gasteiger partial charge in [-0.25, -0.2) is 0 Å². The third kappa shape index (κ3) is 3.11. The van der Waals surface area contributed by atoms with Gasteiger partial charge in [0.15, 0.2) is 0 Å². The van der Waals surface area contributed by atoms with Crippen LogP contribution in [0.4, 0.5) is 11.4 Å². The van der Waals surface area contributed by atoms with E-state index >= 15 is 0 Å². The van der Waals surface area contributed by atoms with E-state index in [1.165, 1.54) is 0 Å². The number of benzene rings is 2. The minimum Gasteiger partial charge on any atom is -0.472 e. The highest BCUT2D eigenvalue weighted by molar-refractivity contribution is 6.05. The van der Waals surface area contributed by atoms with Crippen LogP contribution in [0, 0.1) is 6.92 Å². The zero-order valence-corrected chi connectivity index (χ0v) is 14.3. The first-order chi connectivity index (χ1) is 12.6. The molecule has 1 aliphatic rings.